The number of Topliss-reactive ketones (excluding diaryl/α,β-unsaturated/α-hetero) is 1. The molecule has 0 saturated carbocycles. The Kier molecular flexibility index (Phi) is 8.18. The van der Waals surface area contributed by atoms with Crippen molar-refractivity contribution in [2.24, 2.45) is 5.92 Å². The van der Waals surface area contributed by atoms with E-state index in [0.717, 1.165) is 16.7 Å². The highest BCUT2D eigenvalue weighted by atomic mass is 16.3. The number of aromatic amines is 1. The number of carbonyl (C=O) groups excluding carboxylic acids is 2. The third kappa shape index (κ3) is 5.88. The second kappa shape index (κ2) is 11.1. The number of aryl methyl sites for hydroxylation is 2. The Morgan fingerprint density at radius 2 is 1.65 bits per heavy atom. The summed E-state index contributed by atoms with van der Waals surface area (Å²) in [6.45, 7) is 7.46. The molecule has 6 heteroatoms. The number of ketones is 1. The van der Waals surface area contributed by atoms with Crippen LogP contribution < -0.4 is 10.9 Å². The molecule has 2 aromatic carbocycles. The molecule has 0 spiro atoms. The lowest BCUT2D eigenvalue weighted by Crippen LogP contribution is -2.41. The summed E-state index contributed by atoms with van der Waals surface area (Å²) in [5.41, 5.74) is 4.28. The molecular formula is C28H32N2O4. The summed E-state index contributed by atoms with van der Waals surface area (Å²) >= 11 is 0. The number of aliphatic hydroxyl groups is 1. The predicted octanol–water partition coefficient (Wildman–Crippen LogP) is 4.14. The maximum absolute atomic E-state index is 13.2. The first-order valence-electron chi connectivity index (χ1n) is 11.5. The summed E-state index contributed by atoms with van der Waals surface area (Å²) in [5.74, 6) is -0.413. The van der Waals surface area contributed by atoms with E-state index in [9.17, 15) is 19.5 Å². The van der Waals surface area contributed by atoms with E-state index in [4.69, 9.17) is 0 Å². The van der Waals surface area contributed by atoms with Gasteiger partial charge in [0.2, 0.25) is 0 Å². The molecule has 1 amide bonds. The summed E-state index contributed by atoms with van der Waals surface area (Å²) in [6.07, 6.45) is 1.69. The number of H-pyrrole nitrogens is 1. The van der Waals surface area contributed by atoms with Crippen molar-refractivity contribution in [3.63, 3.8) is 0 Å². The highest BCUT2D eigenvalue weighted by Crippen LogP contribution is 2.32. The maximum Gasteiger partial charge on any atom is 0.251 e. The van der Waals surface area contributed by atoms with Crippen molar-refractivity contribution in [2.75, 3.05) is 6.61 Å². The molecule has 2 atom stereocenters. The first kappa shape index (κ1) is 25.1. The van der Waals surface area contributed by atoms with Crippen LogP contribution in [-0.4, -0.2) is 34.4 Å². The second-order valence-corrected chi connectivity index (χ2v) is 9.07. The average Bonchev–Trinajstić information content (AvgIpc) is 2.83. The van der Waals surface area contributed by atoms with Crippen LogP contribution in [0.25, 0.3) is 0 Å². The van der Waals surface area contributed by atoms with Crippen molar-refractivity contribution < 1.29 is 14.7 Å². The number of aromatic nitrogens is 1. The van der Waals surface area contributed by atoms with Gasteiger partial charge in [0.25, 0.3) is 11.5 Å². The van der Waals surface area contributed by atoms with E-state index in [1.165, 1.54) is 6.20 Å². The number of aliphatic hydroxyl groups excluding tert-OH is 1. The SMILES string of the molecule is Cc1ccccc1C(CC(=O)c1c[nH]c(=O)c(C)c1)c1ccc(C(=O)N[C@@H](CO)C(C)C)cc1. The molecule has 0 fully saturated rings. The molecule has 0 radical (unpaired) electrons. The zero-order valence-electron chi connectivity index (χ0n) is 20.1. The zero-order valence-corrected chi connectivity index (χ0v) is 20.1. The van der Waals surface area contributed by atoms with Crippen molar-refractivity contribution in [3.05, 3.63) is 105 Å². The highest BCUT2D eigenvalue weighted by Gasteiger charge is 2.22. The molecule has 6 nitrogen and oxygen atoms in total. The van der Waals surface area contributed by atoms with Gasteiger partial charge in [-0.05, 0) is 54.7 Å². The molecule has 0 bridgehead atoms. The van der Waals surface area contributed by atoms with Crippen molar-refractivity contribution >= 4 is 11.7 Å². The monoisotopic (exact) mass is 460 g/mol. The van der Waals surface area contributed by atoms with Crippen LogP contribution in [0.2, 0.25) is 0 Å². The number of nitrogens with one attached hydrogen (secondary N) is 2. The van der Waals surface area contributed by atoms with Crippen LogP contribution >= 0.6 is 0 Å². The largest absolute Gasteiger partial charge is 0.394 e. The van der Waals surface area contributed by atoms with Crippen LogP contribution in [0.5, 0.6) is 0 Å². The van der Waals surface area contributed by atoms with Gasteiger partial charge in [0.15, 0.2) is 5.78 Å². The predicted molar refractivity (Wildman–Crippen MR) is 133 cm³/mol. The molecule has 1 heterocycles. The van der Waals surface area contributed by atoms with Gasteiger partial charge in [-0.1, -0.05) is 50.2 Å². The van der Waals surface area contributed by atoms with E-state index in [1.807, 2.05) is 57.2 Å². The number of rotatable bonds is 9. The highest BCUT2D eigenvalue weighted by molar-refractivity contribution is 5.97. The van der Waals surface area contributed by atoms with E-state index in [0.29, 0.717) is 16.7 Å². The van der Waals surface area contributed by atoms with Gasteiger partial charge in [-0.2, -0.15) is 0 Å². The van der Waals surface area contributed by atoms with Crippen LogP contribution in [0, 0.1) is 19.8 Å². The fourth-order valence-electron chi connectivity index (χ4n) is 3.99. The number of carbonyl (C=O) groups is 2. The minimum atomic E-state index is -0.315. The average molecular weight is 461 g/mol. The van der Waals surface area contributed by atoms with Gasteiger partial charge in [-0.15, -0.1) is 0 Å². The Morgan fingerprint density at radius 1 is 0.971 bits per heavy atom. The standard InChI is InChI=1S/C28H32N2O4/c1-17(2)25(16-31)30-28(34)21-11-9-20(10-12-21)24(23-8-6-5-7-18(23)3)14-26(32)22-13-19(4)27(33)29-15-22/h5-13,15,17,24-25,31H,14,16H2,1-4H3,(H,29,33)(H,30,34)/t24?,25-/m0/s1. The number of benzene rings is 2. The Morgan fingerprint density at radius 3 is 2.24 bits per heavy atom. The first-order valence-corrected chi connectivity index (χ1v) is 11.5. The summed E-state index contributed by atoms with van der Waals surface area (Å²) in [5, 5.41) is 12.4. The summed E-state index contributed by atoms with van der Waals surface area (Å²) in [6, 6.07) is 16.5. The minimum absolute atomic E-state index is 0.0721. The molecule has 3 N–H and O–H groups in total. The Labute approximate surface area is 200 Å². The normalized spacial score (nSPS) is 12.9. The molecule has 0 aliphatic rings. The molecule has 3 aromatic rings. The van der Waals surface area contributed by atoms with Crippen LogP contribution in [-0.2, 0) is 0 Å². The van der Waals surface area contributed by atoms with E-state index >= 15 is 0 Å². The van der Waals surface area contributed by atoms with Crippen LogP contribution in [0.15, 0.2) is 65.6 Å². The van der Waals surface area contributed by atoms with Crippen molar-refractivity contribution in [3.8, 4) is 0 Å². The molecule has 34 heavy (non-hydrogen) atoms. The van der Waals surface area contributed by atoms with Crippen molar-refractivity contribution in [1.29, 1.82) is 0 Å². The molecule has 0 aliphatic carbocycles. The fourth-order valence-corrected chi connectivity index (χ4v) is 3.99. The van der Waals surface area contributed by atoms with Gasteiger partial charge >= 0.3 is 0 Å². The lowest BCUT2D eigenvalue weighted by atomic mass is 9.83. The first-order chi connectivity index (χ1) is 16.2. The molecule has 1 unspecified atom stereocenters. The van der Waals surface area contributed by atoms with E-state index in [-0.39, 0.29) is 48.2 Å². The minimum Gasteiger partial charge on any atom is -0.394 e. The summed E-state index contributed by atoms with van der Waals surface area (Å²) in [7, 11) is 0. The lowest BCUT2D eigenvalue weighted by Gasteiger charge is -2.21. The molecule has 1 aromatic heterocycles. The molecular weight excluding hydrogens is 428 g/mol. The number of hydrogen-bond donors (Lipinski definition) is 3. The third-order valence-electron chi connectivity index (χ3n) is 6.26. The third-order valence-corrected chi connectivity index (χ3v) is 6.26. The Bertz CT molecular complexity index is 1210. The Balaban J connectivity index is 1.90. The maximum atomic E-state index is 13.2. The zero-order chi connectivity index (χ0) is 24.8. The van der Waals surface area contributed by atoms with Crippen LogP contribution in [0.3, 0.4) is 0 Å². The number of hydrogen-bond acceptors (Lipinski definition) is 4. The van der Waals surface area contributed by atoms with Crippen molar-refractivity contribution in [2.45, 2.75) is 46.1 Å². The van der Waals surface area contributed by atoms with Gasteiger partial charge in [0, 0.05) is 35.2 Å². The fraction of sp³-hybridized carbons (Fsp3) is 0.321. The van der Waals surface area contributed by atoms with Gasteiger partial charge in [-0.3, -0.25) is 14.4 Å². The van der Waals surface area contributed by atoms with E-state index in [1.54, 1.807) is 25.1 Å². The summed E-state index contributed by atoms with van der Waals surface area (Å²) in [4.78, 5) is 40.1. The lowest BCUT2D eigenvalue weighted by molar-refractivity contribution is 0.0896. The smallest absolute Gasteiger partial charge is 0.251 e. The van der Waals surface area contributed by atoms with Gasteiger partial charge < -0.3 is 15.4 Å². The Hall–Kier alpha value is -3.51. The number of pyridine rings is 1. The molecule has 178 valence electrons. The summed E-state index contributed by atoms with van der Waals surface area (Å²) < 4.78 is 0. The van der Waals surface area contributed by atoms with Crippen LogP contribution in [0.4, 0.5) is 0 Å². The topological polar surface area (TPSA) is 99.3 Å². The van der Waals surface area contributed by atoms with Gasteiger partial charge in [0.1, 0.15) is 0 Å². The molecule has 0 aliphatic heterocycles. The van der Waals surface area contributed by atoms with E-state index < -0.39 is 0 Å². The quantitative estimate of drug-likeness (QED) is 0.418. The van der Waals surface area contributed by atoms with Crippen molar-refractivity contribution in [1.82, 2.24) is 10.3 Å². The van der Waals surface area contributed by atoms with Gasteiger partial charge in [-0.25, -0.2) is 0 Å². The van der Waals surface area contributed by atoms with E-state index in [2.05, 4.69) is 10.3 Å². The molecule has 3 rings (SSSR count). The molecule has 0 saturated heterocycles. The van der Waals surface area contributed by atoms with Gasteiger partial charge in [0.05, 0.1) is 12.6 Å². The van der Waals surface area contributed by atoms with Crippen LogP contribution in [0.1, 0.15) is 69.2 Å². The number of amides is 1. The second-order valence-electron chi connectivity index (χ2n) is 9.07.